The van der Waals surface area contributed by atoms with Gasteiger partial charge in [-0.3, -0.25) is 4.79 Å². The van der Waals surface area contributed by atoms with E-state index in [9.17, 15) is 23.2 Å². The second kappa shape index (κ2) is 10.9. The number of hydrogen-bond donors (Lipinski definition) is 1. The number of carbonyl (C=O) groups is 1. The van der Waals surface area contributed by atoms with Crippen LogP contribution in [0.3, 0.4) is 0 Å². The molecule has 0 aliphatic rings. The van der Waals surface area contributed by atoms with Crippen LogP contribution in [0, 0.1) is 11.3 Å². The lowest BCUT2D eigenvalue weighted by molar-refractivity contribution is -0.138. The lowest BCUT2D eigenvalue weighted by Crippen LogP contribution is -2.15. The number of nitrogens with zero attached hydrogens (tertiary/aromatic N) is 2. The van der Waals surface area contributed by atoms with Gasteiger partial charge in [0.1, 0.15) is 22.6 Å². The Morgan fingerprint density at radius 3 is 2.32 bits per heavy atom. The summed E-state index contributed by atoms with van der Waals surface area (Å²) in [7, 11) is 1.51. The van der Waals surface area contributed by atoms with Crippen molar-refractivity contribution in [2.24, 2.45) is 0 Å². The number of alkyl halides is 3. The van der Waals surface area contributed by atoms with Gasteiger partial charge in [0.05, 0.1) is 36.3 Å². The summed E-state index contributed by atoms with van der Waals surface area (Å²) in [6.07, 6.45) is -4.77. The fraction of sp³-hybridized carbons (Fsp3) is 0.208. The van der Waals surface area contributed by atoms with Gasteiger partial charge in [0.25, 0.3) is 0 Å². The Hall–Kier alpha value is -3.71. The van der Waals surface area contributed by atoms with Crippen molar-refractivity contribution < 1.29 is 27.4 Å². The molecule has 0 spiro atoms. The molecule has 1 N–H and O–H groups in total. The molecule has 0 saturated heterocycles. The number of halogens is 3. The monoisotopic (exact) mass is 487 g/mol. The summed E-state index contributed by atoms with van der Waals surface area (Å²) < 4.78 is 51.6. The second-order valence-electron chi connectivity index (χ2n) is 6.87. The molecular weight excluding hydrogens is 467 g/mol. The molecule has 176 valence electrons. The smallest absolute Gasteiger partial charge is 0.417 e. The van der Waals surface area contributed by atoms with Crippen molar-refractivity contribution in [1.82, 2.24) is 4.98 Å². The highest BCUT2D eigenvalue weighted by Gasteiger charge is 2.36. The average Bonchev–Trinajstić information content (AvgIpc) is 2.82. The molecule has 1 aromatic heterocycles. The van der Waals surface area contributed by atoms with Gasteiger partial charge < -0.3 is 14.8 Å². The number of pyridine rings is 1. The summed E-state index contributed by atoms with van der Waals surface area (Å²) in [5, 5.41) is 11.9. The minimum atomic E-state index is -4.77. The van der Waals surface area contributed by atoms with Gasteiger partial charge in [-0.2, -0.15) is 18.4 Å². The van der Waals surface area contributed by atoms with Gasteiger partial charge in [0.15, 0.2) is 0 Å². The number of amides is 1. The van der Waals surface area contributed by atoms with E-state index in [2.05, 4.69) is 10.3 Å². The van der Waals surface area contributed by atoms with E-state index in [1.807, 2.05) is 6.92 Å². The number of benzene rings is 2. The first kappa shape index (κ1) is 24.9. The molecule has 0 atom stereocenters. The average molecular weight is 488 g/mol. The fourth-order valence-corrected chi connectivity index (χ4v) is 3.80. The lowest BCUT2D eigenvalue weighted by Gasteiger charge is -2.14. The van der Waals surface area contributed by atoms with Crippen molar-refractivity contribution >= 4 is 23.4 Å². The zero-order valence-electron chi connectivity index (χ0n) is 18.3. The molecular formula is C24H20F3N3O3S. The van der Waals surface area contributed by atoms with Gasteiger partial charge >= 0.3 is 6.18 Å². The van der Waals surface area contributed by atoms with E-state index in [-0.39, 0.29) is 16.5 Å². The summed E-state index contributed by atoms with van der Waals surface area (Å²) in [6, 6.07) is 15.5. The number of thioether (sulfide) groups is 1. The number of aromatic nitrogens is 1. The summed E-state index contributed by atoms with van der Waals surface area (Å²) in [4.78, 5) is 16.6. The number of rotatable bonds is 8. The van der Waals surface area contributed by atoms with Crippen LogP contribution in [0.1, 0.15) is 18.1 Å². The summed E-state index contributed by atoms with van der Waals surface area (Å²) >= 11 is 0.762. The van der Waals surface area contributed by atoms with E-state index in [0.717, 1.165) is 17.8 Å². The van der Waals surface area contributed by atoms with Crippen molar-refractivity contribution in [3.05, 3.63) is 65.7 Å². The molecule has 10 heteroatoms. The Kier molecular flexibility index (Phi) is 8.02. The van der Waals surface area contributed by atoms with E-state index in [1.54, 1.807) is 54.6 Å². The maximum absolute atomic E-state index is 13.7. The van der Waals surface area contributed by atoms with Gasteiger partial charge in [0.2, 0.25) is 5.91 Å². The zero-order chi connectivity index (χ0) is 24.7. The number of carbonyl (C=O) groups excluding carboxylic acids is 1. The van der Waals surface area contributed by atoms with Crippen LogP contribution in [-0.2, 0) is 11.0 Å². The summed E-state index contributed by atoms with van der Waals surface area (Å²) in [5.41, 5.74) is -0.772. The lowest BCUT2D eigenvalue weighted by atomic mass is 10.1. The van der Waals surface area contributed by atoms with Gasteiger partial charge in [-0.15, -0.1) is 0 Å². The molecule has 0 saturated carbocycles. The number of anilines is 1. The molecule has 0 radical (unpaired) electrons. The SMILES string of the molecule is CCOc1ccc(-c2cc(C(F)(F)F)c(C#N)c(SCC(=O)Nc3ccc(OC)cc3)n2)cc1. The molecule has 0 unspecified atom stereocenters. The third-order valence-corrected chi connectivity index (χ3v) is 5.55. The van der Waals surface area contributed by atoms with Crippen LogP contribution >= 0.6 is 11.8 Å². The van der Waals surface area contributed by atoms with Crippen molar-refractivity contribution in [2.45, 2.75) is 18.1 Å². The molecule has 34 heavy (non-hydrogen) atoms. The Balaban J connectivity index is 1.87. The fourth-order valence-electron chi connectivity index (χ4n) is 3.00. The topological polar surface area (TPSA) is 84.2 Å². The van der Waals surface area contributed by atoms with Gasteiger partial charge in [-0.05, 0) is 61.5 Å². The minimum Gasteiger partial charge on any atom is -0.497 e. The number of hydrogen-bond acceptors (Lipinski definition) is 6. The molecule has 1 heterocycles. The largest absolute Gasteiger partial charge is 0.497 e. The third-order valence-electron chi connectivity index (χ3n) is 4.58. The van der Waals surface area contributed by atoms with Crippen LogP contribution in [0.2, 0.25) is 0 Å². The highest BCUT2D eigenvalue weighted by atomic mass is 32.2. The first-order chi connectivity index (χ1) is 16.2. The third kappa shape index (κ3) is 6.20. The maximum Gasteiger partial charge on any atom is 0.417 e. The molecule has 6 nitrogen and oxygen atoms in total. The number of methoxy groups -OCH3 is 1. The van der Waals surface area contributed by atoms with Crippen LogP contribution in [0.5, 0.6) is 11.5 Å². The molecule has 1 amide bonds. The van der Waals surface area contributed by atoms with Crippen LogP contribution in [0.15, 0.2) is 59.6 Å². The Morgan fingerprint density at radius 1 is 1.12 bits per heavy atom. The van der Waals surface area contributed by atoms with Crippen molar-refractivity contribution in [3.63, 3.8) is 0 Å². The highest BCUT2D eigenvalue weighted by molar-refractivity contribution is 8.00. The van der Waals surface area contributed by atoms with Crippen LogP contribution < -0.4 is 14.8 Å². The zero-order valence-corrected chi connectivity index (χ0v) is 19.1. The van der Waals surface area contributed by atoms with Crippen LogP contribution in [0.25, 0.3) is 11.3 Å². The molecule has 0 aliphatic carbocycles. The summed E-state index contributed by atoms with van der Waals surface area (Å²) in [6.45, 7) is 2.27. The van der Waals surface area contributed by atoms with Gasteiger partial charge in [-0.25, -0.2) is 4.98 Å². The minimum absolute atomic E-state index is 0.0347. The molecule has 3 rings (SSSR count). The standard InChI is InChI=1S/C24H20F3N3O3S/c1-3-33-18-8-4-15(5-9-18)21-12-20(24(25,26)27)19(13-28)23(30-21)34-14-22(31)29-16-6-10-17(32-2)11-7-16/h4-12H,3,14H2,1-2H3,(H,29,31). The predicted octanol–water partition coefficient (Wildman–Crippen LogP) is 5.78. The van der Waals surface area contributed by atoms with E-state index >= 15 is 0 Å². The quantitative estimate of drug-likeness (QED) is 0.406. The van der Waals surface area contributed by atoms with Gasteiger partial charge in [0, 0.05) is 11.3 Å². The maximum atomic E-state index is 13.7. The van der Waals surface area contributed by atoms with E-state index < -0.39 is 23.2 Å². The van der Waals surface area contributed by atoms with Crippen molar-refractivity contribution in [3.8, 4) is 28.8 Å². The Morgan fingerprint density at radius 2 is 1.76 bits per heavy atom. The highest BCUT2D eigenvalue weighted by Crippen LogP contribution is 2.38. The Bertz CT molecular complexity index is 1190. The molecule has 2 aromatic carbocycles. The molecule has 0 fully saturated rings. The molecule has 3 aromatic rings. The molecule has 0 bridgehead atoms. The van der Waals surface area contributed by atoms with Crippen molar-refractivity contribution in [1.29, 1.82) is 5.26 Å². The number of ether oxygens (including phenoxy) is 2. The van der Waals surface area contributed by atoms with Gasteiger partial charge in [-0.1, -0.05) is 11.8 Å². The second-order valence-corrected chi connectivity index (χ2v) is 7.83. The Labute approximate surface area is 198 Å². The first-order valence-electron chi connectivity index (χ1n) is 10.1. The normalized spacial score (nSPS) is 10.9. The summed E-state index contributed by atoms with van der Waals surface area (Å²) in [5.74, 6) is 0.486. The predicted molar refractivity (Wildman–Crippen MR) is 123 cm³/mol. The van der Waals surface area contributed by atoms with Crippen LogP contribution in [0.4, 0.5) is 18.9 Å². The number of nitriles is 1. The first-order valence-corrected chi connectivity index (χ1v) is 11.1. The number of nitrogens with one attached hydrogen (secondary N) is 1. The van der Waals surface area contributed by atoms with E-state index in [1.165, 1.54) is 7.11 Å². The van der Waals surface area contributed by atoms with Crippen LogP contribution in [-0.4, -0.2) is 30.4 Å². The van der Waals surface area contributed by atoms with E-state index in [0.29, 0.717) is 29.4 Å². The molecule has 0 aliphatic heterocycles. The van der Waals surface area contributed by atoms with Crippen molar-refractivity contribution in [2.75, 3.05) is 24.8 Å². The van der Waals surface area contributed by atoms with E-state index in [4.69, 9.17) is 9.47 Å².